The highest BCUT2D eigenvalue weighted by Crippen LogP contribution is 2.35. The zero-order chi connectivity index (χ0) is 16.7. The molecule has 0 amide bonds. The molecular weight excluding hydrogens is 304 g/mol. The molecule has 0 unspecified atom stereocenters. The van der Waals surface area contributed by atoms with Crippen LogP contribution < -0.4 is 15.0 Å². The first-order chi connectivity index (χ1) is 11.7. The molecule has 1 aliphatic rings. The maximum atomic E-state index is 12.5. The molecule has 2 aromatic carbocycles. The van der Waals surface area contributed by atoms with E-state index < -0.39 is 0 Å². The van der Waals surface area contributed by atoms with Gasteiger partial charge in [-0.15, -0.1) is 0 Å². The highest BCUT2D eigenvalue weighted by molar-refractivity contribution is 5.65. The molecule has 24 heavy (non-hydrogen) atoms. The normalized spacial score (nSPS) is 12.1. The Hall–Kier alpha value is -3.08. The molecule has 1 aliphatic heterocycles. The topological polar surface area (TPSA) is 64.2 Å². The lowest BCUT2D eigenvalue weighted by molar-refractivity contribution is 0.415. The zero-order valence-electron chi connectivity index (χ0n) is 13.4. The third-order valence-corrected chi connectivity index (χ3v) is 4.13. The van der Waals surface area contributed by atoms with Crippen LogP contribution in [0, 0.1) is 6.92 Å². The minimum absolute atomic E-state index is 0.187. The van der Waals surface area contributed by atoms with Gasteiger partial charge in [0.25, 0.3) is 5.56 Å². The van der Waals surface area contributed by atoms with Crippen LogP contribution in [0.2, 0.25) is 0 Å². The molecule has 0 saturated heterocycles. The first-order valence-corrected chi connectivity index (χ1v) is 7.69. The summed E-state index contributed by atoms with van der Waals surface area (Å²) < 4.78 is 11.2. The van der Waals surface area contributed by atoms with Gasteiger partial charge in [0, 0.05) is 6.42 Å². The van der Waals surface area contributed by atoms with Gasteiger partial charge in [0.1, 0.15) is 17.3 Å². The molecule has 1 N–H and O–H groups in total. The summed E-state index contributed by atoms with van der Waals surface area (Å²) >= 11 is 0. The van der Waals surface area contributed by atoms with Gasteiger partial charge in [-0.2, -0.15) is 4.98 Å². The van der Waals surface area contributed by atoms with E-state index in [-0.39, 0.29) is 5.56 Å². The average Bonchev–Trinajstić information content (AvgIpc) is 2.60. The van der Waals surface area contributed by atoms with Crippen LogP contribution in [0.5, 0.6) is 17.4 Å². The molecule has 4 rings (SSSR count). The summed E-state index contributed by atoms with van der Waals surface area (Å²) in [6.45, 7) is 2.02. The molecule has 0 aliphatic carbocycles. The molecule has 0 bridgehead atoms. The summed E-state index contributed by atoms with van der Waals surface area (Å²) in [6.07, 6.45) is 0.515. The number of ether oxygens (including phenoxy) is 2. The Labute approximate surface area is 138 Å². The Morgan fingerprint density at radius 1 is 1.21 bits per heavy atom. The Bertz CT molecular complexity index is 992. The second-order valence-electron chi connectivity index (χ2n) is 5.79. The van der Waals surface area contributed by atoms with Crippen LogP contribution >= 0.6 is 0 Å². The highest BCUT2D eigenvalue weighted by atomic mass is 16.5. The third-order valence-electron chi connectivity index (χ3n) is 4.13. The summed E-state index contributed by atoms with van der Waals surface area (Å²) in [5, 5.41) is 0. The average molecular weight is 320 g/mol. The van der Waals surface area contributed by atoms with E-state index in [9.17, 15) is 4.79 Å². The van der Waals surface area contributed by atoms with E-state index >= 15 is 0 Å². The molecule has 1 aromatic heterocycles. The number of aryl methyl sites for hydroxylation is 1. The largest absolute Gasteiger partial charge is 0.496 e. The van der Waals surface area contributed by atoms with Crippen LogP contribution in [-0.2, 0) is 6.42 Å². The van der Waals surface area contributed by atoms with Crippen molar-refractivity contribution in [2.75, 3.05) is 7.11 Å². The summed E-state index contributed by atoms with van der Waals surface area (Å²) in [4.78, 5) is 19.9. The lowest BCUT2D eigenvalue weighted by atomic mass is 10.0. The number of hydrogen-bond donors (Lipinski definition) is 1. The van der Waals surface area contributed by atoms with Gasteiger partial charge >= 0.3 is 0 Å². The van der Waals surface area contributed by atoms with Gasteiger partial charge in [0.15, 0.2) is 0 Å². The fraction of sp³-hybridized carbons (Fsp3) is 0.158. The third kappa shape index (κ3) is 2.34. The second-order valence-corrected chi connectivity index (χ2v) is 5.79. The molecule has 0 spiro atoms. The molecule has 5 heteroatoms. The first-order valence-electron chi connectivity index (χ1n) is 7.69. The Morgan fingerprint density at radius 2 is 2.04 bits per heavy atom. The molecular formula is C19H16N2O3. The standard InChI is InChI=1S/C19H16N2O3/c1-11-7-8-15-12(9-11)10-14-18(22)20-17(21-19(14)24-15)13-5-3-4-6-16(13)23-2/h3-9H,10H2,1-2H3,(H,20,21,22). The van der Waals surface area contributed by atoms with E-state index in [1.54, 1.807) is 7.11 Å². The zero-order valence-corrected chi connectivity index (χ0v) is 13.4. The summed E-state index contributed by atoms with van der Waals surface area (Å²) in [5.41, 5.74) is 3.22. The van der Waals surface area contributed by atoms with Crippen molar-refractivity contribution in [3.05, 3.63) is 69.5 Å². The SMILES string of the molecule is COc1ccccc1-c1nc2c(c(=O)[nH]1)Cc1cc(C)ccc1O2. The molecule has 0 radical (unpaired) electrons. The van der Waals surface area contributed by atoms with E-state index in [2.05, 4.69) is 9.97 Å². The van der Waals surface area contributed by atoms with Crippen LogP contribution in [-0.4, -0.2) is 17.1 Å². The number of aromatic nitrogens is 2. The lowest BCUT2D eigenvalue weighted by Gasteiger charge is -2.19. The van der Waals surface area contributed by atoms with E-state index in [0.717, 1.165) is 22.4 Å². The fourth-order valence-electron chi connectivity index (χ4n) is 2.93. The Morgan fingerprint density at radius 3 is 2.88 bits per heavy atom. The number of methoxy groups -OCH3 is 1. The maximum absolute atomic E-state index is 12.5. The van der Waals surface area contributed by atoms with Crippen molar-refractivity contribution in [1.29, 1.82) is 0 Å². The smallest absolute Gasteiger partial charge is 0.258 e. The quantitative estimate of drug-likeness (QED) is 0.614. The highest BCUT2D eigenvalue weighted by Gasteiger charge is 2.23. The van der Waals surface area contributed by atoms with Crippen LogP contribution in [0.3, 0.4) is 0 Å². The van der Waals surface area contributed by atoms with Gasteiger partial charge in [0.05, 0.1) is 18.2 Å². The lowest BCUT2D eigenvalue weighted by Crippen LogP contribution is -2.20. The van der Waals surface area contributed by atoms with Crippen molar-refractivity contribution in [3.8, 4) is 28.8 Å². The van der Waals surface area contributed by atoms with Crippen molar-refractivity contribution in [1.82, 2.24) is 9.97 Å². The number of rotatable bonds is 2. The van der Waals surface area contributed by atoms with Crippen molar-refractivity contribution in [2.24, 2.45) is 0 Å². The predicted molar refractivity (Wildman–Crippen MR) is 90.9 cm³/mol. The Balaban J connectivity index is 1.84. The van der Waals surface area contributed by atoms with Crippen LogP contribution in [0.15, 0.2) is 47.3 Å². The molecule has 120 valence electrons. The number of para-hydroxylation sites is 1. The van der Waals surface area contributed by atoms with Crippen molar-refractivity contribution < 1.29 is 9.47 Å². The van der Waals surface area contributed by atoms with Gasteiger partial charge in [-0.1, -0.05) is 29.8 Å². The summed E-state index contributed by atoms with van der Waals surface area (Å²) in [6, 6.07) is 13.4. The monoisotopic (exact) mass is 320 g/mol. The van der Waals surface area contributed by atoms with Gasteiger partial charge in [0.2, 0.25) is 5.88 Å². The van der Waals surface area contributed by atoms with Gasteiger partial charge in [-0.25, -0.2) is 0 Å². The van der Waals surface area contributed by atoms with Crippen LogP contribution in [0.25, 0.3) is 11.4 Å². The minimum Gasteiger partial charge on any atom is -0.496 e. The van der Waals surface area contributed by atoms with E-state index in [1.807, 2.05) is 49.4 Å². The molecule has 5 nitrogen and oxygen atoms in total. The molecule has 3 aromatic rings. The predicted octanol–water partition coefficient (Wildman–Crippen LogP) is 3.45. The summed E-state index contributed by atoms with van der Waals surface area (Å²) in [5.74, 6) is 2.19. The number of hydrogen-bond acceptors (Lipinski definition) is 4. The molecule has 0 fully saturated rings. The number of H-pyrrole nitrogens is 1. The first kappa shape index (κ1) is 14.5. The minimum atomic E-state index is -0.187. The van der Waals surface area contributed by atoms with Gasteiger partial charge in [-0.3, -0.25) is 4.79 Å². The fourth-order valence-corrected chi connectivity index (χ4v) is 2.93. The number of nitrogens with zero attached hydrogens (tertiary/aromatic N) is 1. The van der Waals surface area contributed by atoms with Gasteiger partial charge < -0.3 is 14.5 Å². The Kier molecular flexibility index (Phi) is 3.34. The van der Waals surface area contributed by atoms with Crippen LogP contribution in [0.4, 0.5) is 0 Å². The molecule has 2 heterocycles. The second kappa shape index (κ2) is 5.53. The number of benzene rings is 2. The van der Waals surface area contributed by atoms with E-state index in [4.69, 9.17) is 9.47 Å². The molecule has 0 saturated carbocycles. The number of fused-ring (bicyclic) bond motifs is 2. The summed E-state index contributed by atoms with van der Waals surface area (Å²) in [7, 11) is 1.59. The van der Waals surface area contributed by atoms with E-state index in [0.29, 0.717) is 29.4 Å². The van der Waals surface area contributed by atoms with Crippen molar-refractivity contribution >= 4 is 0 Å². The number of aromatic amines is 1. The van der Waals surface area contributed by atoms with Gasteiger partial charge in [-0.05, 0) is 30.7 Å². The van der Waals surface area contributed by atoms with Crippen molar-refractivity contribution in [3.63, 3.8) is 0 Å². The maximum Gasteiger partial charge on any atom is 0.258 e. The van der Waals surface area contributed by atoms with Crippen LogP contribution in [0.1, 0.15) is 16.7 Å². The molecule has 0 atom stereocenters. The van der Waals surface area contributed by atoms with Crippen molar-refractivity contribution in [2.45, 2.75) is 13.3 Å². The van der Waals surface area contributed by atoms with E-state index in [1.165, 1.54) is 0 Å². The number of nitrogens with one attached hydrogen (secondary N) is 1.